The van der Waals surface area contributed by atoms with Crippen LogP contribution >= 0.6 is 0 Å². The summed E-state index contributed by atoms with van der Waals surface area (Å²) in [6.07, 6.45) is 4.21. The first-order valence-electron chi connectivity index (χ1n) is 12.1. The summed E-state index contributed by atoms with van der Waals surface area (Å²) in [5.41, 5.74) is 4.73. The van der Waals surface area contributed by atoms with Crippen LogP contribution in [-0.4, -0.2) is 41.0 Å². The number of aryl methyl sites for hydroxylation is 2. The minimum Gasteiger partial charge on any atom is -0.466 e. The van der Waals surface area contributed by atoms with E-state index in [0.717, 1.165) is 24.9 Å². The van der Waals surface area contributed by atoms with Gasteiger partial charge < -0.3 is 14.2 Å². The van der Waals surface area contributed by atoms with E-state index in [-0.39, 0.29) is 23.7 Å². The number of carbonyl (C=O) groups excluding carboxylic acids is 2. The maximum Gasteiger partial charge on any atom is 0.310 e. The van der Waals surface area contributed by atoms with Crippen LogP contribution < -0.4 is 0 Å². The monoisotopic (exact) mass is 446 g/mol. The number of esters is 1. The SMILES string of the molecule is CCOC(=O)[C@H]1CCCN(C(=O)C[C@H](c2ccc(C)cc2)c2cn(CC)c3ccccc23)C1. The Morgan fingerprint density at radius 1 is 1.09 bits per heavy atom. The number of likely N-dealkylation sites (tertiary alicyclic amines) is 1. The summed E-state index contributed by atoms with van der Waals surface area (Å²) in [4.78, 5) is 27.7. The van der Waals surface area contributed by atoms with Gasteiger partial charge in [0.25, 0.3) is 0 Å². The zero-order valence-corrected chi connectivity index (χ0v) is 19.9. The van der Waals surface area contributed by atoms with Crippen LogP contribution in [0.3, 0.4) is 0 Å². The van der Waals surface area contributed by atoms with Crippen LogP contribution in [0.5, 0.6) is 0 Å². The number of nitrogens with zero attached hydrogens (tertiary/aromatic N) is 2. The summed E-state index contributed by atoms with van der Waals surface area (Å²) in [6.45, 7) is 8.45. The molecule has 0 unspecified atom stereocenters. The quantitative estimate of drug-likeness (QED) is 0.463. The molecule has 1 saturated heterocycles. The summed E-state index contributed by atoms with van der Waals surface area (Å²) in [5, 5.41) is 1.20. The van der Waals surface area contributed by atoms with Crippen LogP contribution in [0, 0.1) is 12.8 Å². The first kappa shape index (κ1) is 23.1. The molecular formula is C28H34N2O3. The Balaban J connectivity index is 1.65. The molecule has 5 nitrogen and oxygen atoms in total. The van der Waals surface area contributed by atoms with Gasteiger partial charge in [-0.05, 0) is 50.8 Å². The summed E-state index contributed by atoms with van der Waals surface area (Å²) in [6, 6.07) is 16.9. The van der Waals surface area contributed by atoms with Crippen molar-refractivity contribution in [3.05, 3.63) is 71.4 Å². The molecule has 33 heavy (non-hydrogen) atoms. The van der Waals surface area contributed by atoms with Crippen LogP contribution in [0.4, 0.5) is 0 Å². The van der Waals surface area contributed by atoms with E-state index in [1.165, 1.54) is 22.0 Å². The van der Waals surface area contributed by atoms with E-state index in [1.807, 2.05) is 11.8 Å². The lowest BCUT2D eigenvalue weighted by Gasteiger charge is -2.32. The van der Waals surface area contributed by atoms with Crippen molar-refractivity contribution in [2.24, 2.45) is 5.92 Å². The fourth-order valence-electron chi connectivity index (χ4n) is 4.98. The fourth-order valence-corrected chi connectivity index (χ4v) is 4.98. The molecule has 4 rings (SSSR count). The number of para-hydroxylation sites is 1. The van der Waals surface area contributed by atoms with Gasteiger partial charge in [-0.1, -0.05) is 48.0 Å². The summed E-state index contributed by atoms with van der Waals surface area (Å²) < 4.78 is 7.48. The van der Waals surface area contributed by atoms with Gasteiger partial charge in [-0.3, -0.25) is 9.59 Å². The predicted molar refractivity (Wildman–Crippen MR) is 131 cm³/mol. The van der Waals surface area contributed by atoms with E-state index in [9.17, 15) is 9.59 Å². The number of carbonyl (C=O) groups is 2. The predicted octanol–water partition coefficient (Wildman–Crippen LogP) is 5.29. The largest absolute Gasteiger partial charge is 0.466 e. The number of aromatic nitrogens is 1. The Labute approximate surface area is 196 Å². The van der Waals surface area contributed by atoms with Crippen molar-refractivity contribution in [1.82, 2.24) is 9.47 Å². The average Bonchev–Trinajstić information content (AvgIpc) is 3.22. The van der Waals surface area contributed by atoms with Gasteiger partial charge >= 0.3 is 5.97 Å². The molecule has 0 spiro atoms. The third-order valence-corrected chi connectivity index (χ3v) is 6.79. The maximum atomic E-state index is 13.5. The lowest BCUT2D eigenvalue weighted by Crippen LogP contribution is -2.43. The van der Waals surface area contributed by atoms with Crippen molar-refractivity contribution in [2.45, 2.75) is 52.5 Å². The third kappa shape index (κ3) is 4.97. The molecule has 2 heterocycles. The second kappa shape index (κ2) is 10.2. The molecule has 0 N–H and O–H groups in total. The fraction of sp³-hybridized carbons (Fsp3) is 0.429. The maximum absolute atomic E-state index is 13.5. The highest BCUT2D eigenvalue weighted by Crippen LogP contribution is 2.36. The Morgan fingerprint density at radius 3 is 2.58 bits per heavy atom. The Bertz CT molecular complexity index is 1120. The van der Waals surface area contributed by atoms with Gasteiger partial charge in [-0.2, -0.15) is 0 Å². The number of benzene rings is 2. The van der Waals surface area contributed by atoms with Crippen LogP contribution in [0.2, 0.25) is 0 Å². The van der Waals surface area contributed by atoms with E-state index >= 15 is 0 Å². The van der Waals surface area contributed by atoms with Gasteiger partial charge in [0.1, 0.15) is 0 Å². The lowest BCUT2D eigenvalue weighted by atomic mass is 9.87. The molecule has 1 aromatic heterocycles. The Morgan fingerprint density at radius 2 is 1.85 bits per heavy atom. The van der Waals surface area contributed by atoms with Crippen molar-refractivity contribution < 1.29 is 14.3 Å². The molecule has 0 saturated carbocycles. The number of rotatable bonds is 7. The Kier molecular flexibility index (Phi) is 7.17. The lowest BCUT2D eigenvalue weighted by molar-refractivity contribution is -0.151. The highest BCUT2D eigenvalue weighted by molar-refractivity contribution is 5.87. The van der Waals surface area contributed by atoms with Crippen LogP contribution in [0.15, 0.2) is 54.7 Å². The minimum atomic E-state index is -0.220. The number of amides is 1. The van der Waals surface area contributed by atoms with Crippen molar-refractivity contribution >= 4 is 22.8 Å². The third-order valence-electron chi connectivity index (χ3n) is 6.79. The van der Waals surface area contributed by atoms with Gasteiger partial charge in [0.15, 0.2) is 0 Å². The number of piperidine rings is 1. The van der Waals surface area contributed by atoms with Crippen molar-refractivity contribution in [2.75, 3.05) is 19.7 Å². The smallest absolute Gasteiger partial charge is 0.310 e. The molecule has 1 amide bonds. The molecule has 0 radical (unpaired) electrons. The van der Waals surface area contributed by atoms with Gasteiger partial charge in [-0.25, -0.2) is 0 Å². The van der Waals surface area contributed by atoms with Gasteiger partial charge in [0.2, 0.25) is 5.91 Å². The highest BCUT2D eigenvalue weighted by atomic mass is 16.5. The second-order valence-corrected chi connectivity index (χ2v) is 8.99. The number of hydrogen-bond acceptors (Lipinski definition) is 3. The molecule has 0 bridgehead atoms. The molecule has 2 atom stereocenters. The molecule has 1 fully saturated rings. The van der Waals surface area contributed by atoms with Crippen molar-refractivity contribution in [3.8, 4) is 0 Å². The van der Waals surface area contributed by atoms with Gasteiger partial charge in [0.05, 0.1) is 12.5 Å². The van der Waals surface area contributed by atoms with E-state index < -0.39 is 0 Å². The average molecular weight is 447 g/mol. The van der Waals surface area contributed by atoms with E-state index in [2.05, 4.69) is 73.1 Å². The first-order valence-corrected chi connectivity index (χ1v) is 12.1. The molecule has 0 aliphatic carbocycles. The van der Waals surface area contributed by atoms with Crippen molar-refractivity contribution in [3.63, 3.8) is 0 Å². The normalized spacial score (nSPS) is 17.2. The van der Waals surface area contributed by atoms with Gasteiger partial charge in [0, 0.05) is 49.1 Å². The molecule has 1 aliphatic heterocycles. The molecular weight excluding hydrogens is 412 g/mol. The van der Waals surface area contributed by atoms with E-state index in [0.29, 0.717) is 26.1 Å². The highest BCUT2D eigenvalue weighted by Gasteiger charge is 2.31. The number of fused-ring (bicyclic) bond motifs is 1. The van der Waals surface area contributed by atoms with Crippen molar-refractivity contribution in [1.29, 1.82) is 0 Å². The summed E-state index contributed by atoms with van der Waals surface area (Å²) >= 11 is 0. The molecule has 5 heteroatoms. The molecule has 1 aliphatic rings. The topological polar surface area (TPSA) is 51.5 Å². The zero-order valence-electron chi connectivity index (χ0n) is 19.9. The molecule has 2 aromatic carbocycles. The van der Waals surface area contributed by atoms with E-state index in [4.69, 9.17) is 4.74 Å². The number of hydrogen-bond donors (Lipinski definition) is 0. The summed E-state index contributed by atoms with van der Waals surface area (Å²) in [7, 11) is 0. The summed E-state index contributed by atoms with van der Waals surface area (Å²) in [5.74, 6) is -0.347. The van der Waals surface area contributed by atoms with Gasteiger partial charge in [-0.15, -0.1) is 0 Å². The number of ether oxygens (including phenoxy) is 1. The van der Waals surface area contributed by atoms with Crippen LogP contribution in [0.25, 0.3) is 10.9 Å². The standard InChI is InChI=1S/C28H34N2O3/c1-4-29-19-25(23-10-6-7-11-26(23)29)24(21-14-12-20(3)13-15-21)17-27(31)30-16-8-9-22(18-30)28(32)33-5-2/h6-7,10-15,19,22,24H,4-5,8-9,16-18H2,1-3H3/t22-,24+/m0/s1. The van der Waals surface area contributed by atoms with Crippen LogP contribution in [-0.2, 0) is 20.9 Å². The zero-order chi connectivity index (χ0) is 23.4. The van der Waals surface area contributed by atoms with Crippen LogP contribution in [0.1, 0.15) is 55.7 Å². The minimum absolute atomic E-state index is 0.0428. The molecule has 174 valence electrons. The van der Waals surface area contributed by atoms with E-state index in [1.54, 1.807) is 0 Å². The Hall–Kier alpha value is -3.08. The molecule has 3 aromatic rings. The second-order valence-electron chi connectivity index (χ2n) is 8.99. The first-order chi connectivity index (χ1) is 16.0.